The fourth-order valence-corrected chi connectivity index (χ4v) is 5.84. The molecule has 2 aliphatic heterocycles. The van der Waals surface area contributed by atoms with Crippen molar-refractivity contribution in [3.05, 3.63) is 39.7 Å². The molecule has 0 radical (unpaired) electrons. The number of H-pyrrole nitrogens is 1. The van der Waals surface area contributed by atoms with Gasteiger partial charge in [-0.15, -0.1) is 0 Å². The summed E-state index contributed by atoms with van der Waals surface area (Å²) in [6.45, 7) is 0. The first-order valence-electron chi connectivity index (χ1n) is 10.8. The number of aryl methyl sites for hydroxylation is 1. The van der Waals surface area contributed by atoms with Crippen LogP contribution >= 0.6 is 11.6 Å². The highest BCUT2D eigenvalue weighted by atomic mass is 35.5. The third-order valence-electron chi connectivity index (χ3n) is 7.19. The Bertz CT molecular complexity index is 1450. The maximum absolute atomic E-state index is 15.5. The predicted molar refractivity (Wildman–Crippen MR) is 123 cm³/mol. The van der Waals surface area contributed by atoms with Crippen molar-refractivity contribution in [1.82, 2.24) is 29.6 Å². The summed E-state index contributed by atoms with van der Waals surface area (Å²) < 4.78 is 18.5. The molecule has 0 unspecified atom stereocenters. The lowest BCUT2D eigenvalue weighted by atomic mass is 9.96. The van der Waals surface area contributed by atoms with E-state index in [1.54, 1.807) is 37.0 Å². The van der Waals surface area contributed by atoms with Crippen LogP contribution in [0.2, 0.25) is 5.15 Å². The molecule has 2 bridgehead atoms. The smallest absolute Gasteiger partial charge is 0.264 e. The molecule has 3 atom stereocenters. The van der Waals surface area contributed by atoms with Crippen molar-refractivity contribution in [3.8, 4) is 11.1 Å². The average Bonchev–Trinajstić information content (AvgIpc) is 3.53. The van der Waals surface area contributed by atoms with E-state index in [9.17, 15) is 4.79 Å². The minimum Gasteiger partial charge on any atom is -0.345 e. The van der Waals surface area contributed by atoms with Crippen molar-refractivity contribution in [3.63, 3.8) is 0 Å². The lowest BCUT2D eigenvalue weighted by Crippen LogP contribution is -2.41. The first-order chi connectivity index (χ1) is 15.4. The van der Waals surface area contributed by atoms with Gasteiger partial charge in [0.05, 0.1) is 16.3 Å². The predicted octanol–water partition coefficient (Wildman–Crippen LogP) is 2.94. The topological polar surface area (TPSA) is 83.8 Å². The van der Waals surface area contributed by atoms with Gasteiger partial charge in [0.25, 0.3) is 5.56 Å². The molecule has 5 heterocycles. The summed E-state index contributed by atoms with van der Waals surface area (Å²) in [5.74, 6) is 0.162. The van der Waals surface area contributed by atoms with Gasteiger partial charge in [0.2, 0.25) is 5.95 Å². The van der Waals surface area contributed by atoms with Crippen LogP contribution in [0.5, 0.6) is 0 Å². The van der Waals surface area contributed by atoms with Gasteiger partial charge < -0.3 is 15.2 Å². The van der Waals surface area contributed by atoms with Gasteiger partial charge in [-0.3, -0.25) is 14.0 Å². The molecule has 1 aromatic carbocycles. The molecule has 0 spiro atoms. The van der Waals surface area contributed by atoms with Gasteiger partial charge in [-0.2, -0.15) is 10.1 Å². The van der Waals surface area contributed by atoms with Gasteiger partial charge in [-0.1, -0.05) is 11.6 Å². The van der Waals surface area contributed by atoms with Crippen LogP contribution < -0.4 is 15.8 Å². The number of hydrogen-bond acceptors (Lipinski definition) is 5. The Labute approximate surface area is 188 Å². The zero-order valence-corrected chi connectivity index (χ0v) is 18.7. The molecule has 0 aliphatic carbocycles. The summed E-state index contributed by atoms with van der Waals surface area (Å²) >= 11 is 6.27. The van der Waals surface area contributed by atoms with Gasteiger partial charge >= 0.3 is 0 Å². The Kier molecular flexibility index (Phi) is 4.19. The SMILES string of the molecule is CN[C@@H]1C[C@@H]2CC[C@H]1N2c1nc2[nH]cc(-c3ccc4nn(C)c(Cl)c4c3F)c2c(=O)n1C. The molecule has 0 saturated carbocycles. The molecular formula is C22H23ClFN7O. The molecular weight excluding hydrogens is 433 g/mol. The number of aromatic amines is 1. The number of hydrogen-bond donors (Lipinski definition) is 2. The second kappa shape index (κ2) is 6.79. The third-order valence-corrected chi connectivity index (χ3v) is 7.62. The summed E-state index contributed by atoms with van der Waals surface area (Å²) in [4.78, 5) is 23.7. The van der Waals surface area contributed by atoms with Gasteiger partial charge in [0.15, 0.2) is 0 Å². The standard InChI is InChI=1S/C22H23ClFN7O/c1-25-14-8-10-4-7-15(14)31(10)22-27-20-16(21(32)29(22)2)12(9-26-20)11-5-6-13-17(18(11)24)19(23)30(3)28-13/h5-6,9-10,14-15,25-26H,4,7-8H2,1-3H3/t10-,14+,15+/m0/s1. The zero-order chi connectivity index (χ0) is 22.3. The number of benzene rings is 1. The molecule has 3 aromatic heterocycles. The largest absolute Gasteiger partial charge is 0.345 e. The van der Waals surface area contributed by atoms with Gasteiger partial charge in [-0.05, 0) is 38.4 Å². The number of nitrogens with zero attached hydrogens (tertiary/aromatic N) is 5. The number of aromatic nitrogens is 5. The third kappa shape index (κ3) is 2.49. The number of fused-ring (bicyclic) bond motifs is 4. The highest BCUT2D eigenvalue weighted by molar-refractivity contribution is 6.34. The van der Waals surface area contributed by atoms with E-state index >= 15 is 4.39 Å². The Morgan fingerprint density at radius 2 is 2.03 bits per heavy atom. The van der Waals surface area contributed by atoms with E-state index in [0.717, 1.165) is 19.3 Å². The van der Waals surface area contributed by atoms with Gasteiger partial charge in [0, 0.05) is 49.5 Å². The number of halogens is 2. The minimum atomic E-state index is -0.498. The molecule has 0 amide bonds. The van der Waals surface area contributed by atoms with E-state index < -0.39 is 5.82 Å². The Hall–Kier alpha value is -2.91. The summed E-state index contributed by atoms with van der Waals surface area (Å²) in [6, 6.07) is 4.43. The molecule has 10 heteroatoms. The summed E-state index contributed by atoms with van der Waals surface area (Å²) in [5, 5.41) is 8.45. The van der Waals surface area contributed by atoms with Crippen LogP contribution in [-0.4, -0.2) is 49.5 Å². The van der Waals surface area contributed by atoms with E-state index in [-0.39, 0.29) is 16.1 Å². The first kappa shape index (κ1) is 19.8. The highest BCUT2D eigenvalue weighted by Crippen LogP contribution is 2.41. The summed E-state index contributed by atoms with van der Waals surface area (Å²) in [7, 11) is 5.39. The molecule has 32 heavy (non-hydrogen) atoms. The lowest BCUT2D eigenvalue weighted by molar-refractivity contribution is 0.445. The second-order valence-corrected chi connectivity index (χ2v) is 9.13. The van der Waals surface area contributed by atoms with Crippen LogP contribution in [0, 0.1) is 5.82 Å². The monoisotopic (exact) mass is 455 g/mol. The van der Waals surface area contributed by atoms with Crippen molar-refractivity contribution in [1.29, 1.82) is 0 Å². The van der Waals surface area contributed by atoms with Crippen molar-refractivity contribution < 1.29 is 4.39 Å². The molecule has 2 saturated heterocycles. The number of anilines is 1. The average molecular weight is 456 g/mol. The van der Waals surface area contributed by atoms with Crippen molar-refractivity contribution in [2.75, 3.05) is 11.9 Å². The molecule has 8 nitrogen and oxygen atoms in total. The Morgan fingerprint density at radius 3 is 2.78 bits per heavy atom. The Balaban J connectivity index is 1.53. The van der Waals surface area contributed by atoms with E-state index in [1.165, 1.54) is 4.68 Å². The first-order valence-corrected chi connectivity index (χ1v) is 11.1. The molecule has 4 aromatic rings. The number of likely N-dealkylation sites (N-methyl/N-ethyl adjacent to an activating group) is 1. The van der Waals surface area contributed by atoms with Crippen LogP contribution in [0.15, 0.2) is 23.1 Å². The molecule has 166 valence electrons. The van der Waals surface area contributed by atoms with Crippen LogP contribution in [-0.2, 0) is 14.1 Å². The zero-order valence-electron chi connectivity index (χ0n) is 18.0. The molecule has 2 aliphatic rings. The number of nitrogens with one attached hydrogen (secondary N) is 2. The van der Waals surface area contributed by atoms with Crippen LogP contribution in [0.4, 0.5) is 10.3 Å². The maximum atomic E-state index is 15.5. The van der Waals surface area contributed by atoms with Crippen molar-refractivity contribution in [2.24, 2.45) is 14.1 Å². The quantitative estimate of drug-likeness (QED) is 0.496. The molecule has 2 fully saturated rings. The van der Waals surface area contributed by atoms with Gasteiger partial charge in [0.1, 0.15) is 16.6 Å². The minimum absolute atomic E-state index is 0.203. The normalized spacial score (nSPS) is 22.7. The van der Waals surface area contributed by atoms with E-state index in [0.29, 0.717) is 51.8 Å². The van der Waals surface area contributed by atoms with Crippen molar-refractivity contribution >= 4 is 39.5 Å². The summed E-state index contributed by atoms with van der Waals surface area (Å²) in [5.41, 5.74) is 1.49. The highest BCUT2D eigenvalue weighted by Gasteiger charge is 2.47. The maximum Gasteiger partial charge on any atom is 0.264 e. The van der Waals surface area contributed by atoms with Crippen LogP contribution in [0.3, 0.4) is 0 Å². The molecule has 6 rings (SSSR count). The van der Waals surface area contributed by atoms with Crippen molar-refractivity contribution in [2.45, 2.75) is 37.4 Å². The van der Waals surface area contributed by atoms with E-state index in [2.05, 4.69) is 20.3 Å². The summed E-state index contributed by atoms with van der Waals surface area (Å²) in [6.07, 6.45) is 4.87. The molecule has 2 N–H and O–H groups in total. The Morgan fingerprint density at radius 1 is 1.22 bits per heavy atom. The van der Waals surface area contributed by atoms with Crippen LogP contribution in [0.25, 0.3) is 33.1 Å². The van der Waals surface area contributed by atoms with E-state index in [1.807, 2.05) is 7.05 Å². The van der Waals surface area contributed by atoms with Gasteiger partial charge in [-0.25, -0.2) is 4.39 Å². The fraction of sp³-hybridized carbons (Fsp3) is 0.409. The fourth-order valence-electron chi connectivity index (χ4n) is 5.63. The number of rotatable bonds is 3. The lowest BCUT2D eigenvalue weighted by Gasteiger charge is -2.26. The van der Waals surface area contributed by atoms with E-state index in [4.69, 9.17) is 16.6 Å². The second-order valence-electron chi connectivity index (χ2n) is 8.77. The van der Waals surface area contributed by atoms with Crippen LogP contribution in [0.1, 0.15) is 19.3 Å².